The lowest BCUT2D eigenvalue weighted by Crippen LogP contribution is -1.94. The molecule has 0 amide bonds. The Kier molecular flexibility index (Phi) is 4.44. The molecule has 1 saturated heterocycles. The van der Waals surface area contributed by atoms with Crippen LogP contribution in [0.5, 0.6) is 0 Å². The van der Waals surface area contributed by atoms with Crippen LogP contribution in [0.4, 0.5) is 0 Å². The van der Waals surface area contributed by atoms with E-state index in [9.17, 15) is 0 Å². The summed E-state index contributed by atoms with van der Waals surface area (Å²) in [5, 5.41) is 0. The molecule has 1 fully saturated rings. The first-order valence-corrected chi connectivity index (χ1v) is 5.21. The molecular weight excluding hydrogens is 174 g/mol. The number of allylic oxidation sites excluding steroid dienone is 3. The largest absolute Gasteiger partial charge is 0.490 e. The molecule has 0 bridgehead atoms. The Labute approximate surface area is 86.4 Å². The highest BCUT2D eigenvalue weighted by Crippen LogP contribution is 2.29. The van der Waals surface area contributed by atoms with Gasteiger partial charge in [0.05, 0.1) is 0 Å². The fraction of sp³-hybridized carbons (Fsp3) is 0.583. The standard InChI is InChI=1S/C12H19NO/c1-4-12-11(9-10(2)14-12)7-5-6-8-13-3/h4,7-8,10H,5-6,9H2,1-3H3/b11-7-,12-4?,13-8?. The average molecular weight is 193 g/mol. The monoisotopic (exact) mass is 193 g/mol. The van der Waals surface area contributed by atoms with Crippen LogP contribution in [0.2, 0.25) is 0 Å². The van der Waals surface area contributed by atoms with Gasteiger partial charge in [-0.15, -0.1) is 0 Å². The van der Waals surface area contributed by atoms with E-state index in [1.807, 2.05) is 26.3 Å². The summed E-state index contributed by atoms with van der Waals surface area (Å²) in [5.41, 5.74) is 1.35. The van der Waals surface area contributed by atoms with Crippen LogP contribution in [0.15, 0.2) is 28.5 Å². The average Bonchev–Trinajstić information content (AvgIpc) is 2.54. The molecule has 0 radical (unpaired) electrons. The van der Waals surface area contributed by atoms with Crippen LogP contribution in [0.1, 0.15) is 33.1 Å². The van der Waals surface area contributed by atoms with E-state index in [0.29, 0.717) is 6.10 Å². The van der Waals surface area contributed by atoms with Gasteiger partial charge in [-0.2, -0.15) is 0 Å². The molecule has 1 heterocycles. The zero-order chi connectivity index (χ0) is 10.4. The molecule has 1 atom stereocenters. The number of nitrogens with zero attached hydrogens (tertiary/aromatic N) is 1. The van der Waals surface area contributed by atoms with Crippen molar-refractivity contribution >= 4 is 6.21 Å². The SMILES string of the molecule is CC=C1OC(C)C/C1=C/CCC=NC. The van der Waals surface area contributed by atoms with Crippen molar-refractivity contribution in [3.8, 4) is 0 Å². The molecule has 1 rings (SSSR count). The van der Waals surface area contributed by atoms with Crippen molar-refractivity contribution in [2.75, 3.05) is 7.05 Å². The lowest BCUT2D eigenvalue weighted by molar-refractivity contribution is 0.178. The minimum absolute atomic E-state index is 0.340. The van der Waals surface area contributed by atoms with Gasteiger partial charge in [0.2, 0.25) is 0 Å². The van der Waals surface area contributed by atoms with Crippen LogP contribution in [-0.2, 0) is 4.74 Å². The fourth-order valence-electron chi connectivity index (χ4n) is 1.64. The van der Waals surface area contributed by atoms with Gasteiger partial charge in [0.15, 0.2) is 0 Å². The van der Waals surface area contributed by atoms with E-state index in [2.05, 4.69) is 18.0 Å². The first kappa shape index (κ1) is 11.0. The molecule has 1 unspecified atom stereocenters. The molecule has 0 aromatic rings. The second kappa shape index (κ2) is 5.63. The molecule has 0 aromatic carbocycles. The number of hydrogen-bond acceptors (Lipinski definition) is 2. The second-order valence-electron chi connectivity index (χ2n) is 3.53. The maximum atomic E-state index is 5.64. The Bertz CT molecular complexity index is 263. The molecule has 14 heavy (non-hydrogen) atoms. The lowest BCUT2D eigenvalue weighted by atomic mass is 10.1. The Hall–Kier alpha value is -1.05. The van der Waals surface area contributed by atoms with Gasteiger partial charge in [-0.25, -0.2) is 0 Å². The number of hydrogen-bond donors (Lipinski definition) is 0. The summed E-state index contributed by atoms with van der Waals surface area (Å²) >= 11 is 0. The molecule has 0 saturated carbocycles. The van der Waals surface area contributed by atoms with Gasteiger partial charge >= 0.3 is 0 Å². The highest BCUT2D eigenvalue weighted by atomic mass is 16.5. The number of unbranched alkanes of at least 4 members (excludes halogenated alkanes) is 1. The van der Waals surface area contributed by atoms with E-state index in [-0.39, 0.29) is 0 Å². The predicted octanol–water partition coefficient (Wildman–Crippen LogP) is 3.11. The molecular formula is C12H19NO. The Morgan fingerprint density at radius 1 is 1.50 bits per heavy atom. The van der Waals surface area contributed by atoms with Crippen molar-refractivity contribution in [2.45, 2.75) is 39.2 Å². The third-order valence-electron chi connectivity index (χ3n) is 2.28. The van der Waals surface area contributed by atoms with Crippen molar-refractivity contribution in [2.24, 2.45) is 4.99 Å². The van der Waals surface area contributed by atoms with E-state index in [1.54, 1.807) is 0 Å². The molecule has 0 aliphatic carbocycles. The van der Waals surface area contributed by atoms with Crippen molar-refractivity contribution < 1.29 is 4.74 Å². The van der Waals surface area contributed by atoms with E-state index < -0.39 is 0 Å². The molecule has 0 aromatic heterocycles. The third-order valence-corrected chi connectivity index (χ3v) is 2.28. The molecule has 2 heteroatoms. The maximum absolute atomic E-state index is 5.64. The highest BCUT2D eigenvalue weighted by Gasteiger charge is 2.20. The maximum Gasteiger partial charge on any atom is 0.118 e. The molecule has 1 aliphatic rings. The smallest absolute Gasteiger partial charge is 0.118 e. The number of ether oxygens (including phenoxy) is 1. The normalized spacial score (nSPS) is 27.8. The van der Waals surface area contributed by atoms with Gasteiger partial charge in [0, 0.05) is 13.5 Å². The van der Waals surface area contributed by atoms with Crippen LogP contribution in [-0.4, -0.2) is 19.4 Å². The van der Waals surface area contributed by atoms with Crippen molar-refractivity contribution in [1.82, 2.24) is 0 Å². The first-order chi connectivity index (χ1) is 6.77. The summed E-state index contributed by atoms with van der Waals surface area (Å²) in [6, 6.07) is 0. The van der Waals surface area contributed by atoms with E-state index >= 15 is 0 Å². The van der Waals surface area contributed by atoms with Crippen molar-refractivity contribution in [3.63, 3.8) is 0 Å². The number of rotatable bonds is 3. The fourth-order valence-corrected chi connectivity index (χ4v) is 1.64. The zero-order valence-corrected chi connectivity index (χ0v) is 9.29. The summed E-state index contributed by atoms with van der Waals surface area (Å²) in [6.45, 7) is 4.13. The van der Waals surface area contributed by atoms with E-state index in [4.69, 9.17) is 4.74 Å². The number of aliphatic imine (C=N–C) groups is 1. The molecule has 2 nitrogen and oxygen atoms in total. The zero-order valence-electron chi connectivity index (χ0n) is 9.29. The Morgan fingerprint density at radius 2 is 2.29 bits per heavy atom. The Balaban J connectivity index is 2.50. The van der Waals surface area contributed by atoms with Crippen molar-refractivity contribution in [1.29, 1.82) is 0 Å². The van der Waals surface area contributed by atoms with E-state index in [1.165, 1.54) is 5.57 Å². The second-order valence-corrected chi connectivity index (χ2v) is 3.53. The Morgan fingerprint density at radius 3 is 2.93 bits per heavy atom. The van der Waals surface area contributed by atoms with Gasteiger partial charge in [-0.1, -0.05) is 6.08 Å². The van der Waals surface area contributed by atoms with Gasteiger partial charge in [0.25, 0.3) is 0 Å². The van der Waals surface area contributed by atoms with Gasteiger partial charge in [-0.05, 0) is 44.6 Å². The summed E-state index contributed by atoms with van der Waals surface area (Å²) in [5.74, 6) is 1.06. The first-order valence-electron chi connectivity index (χ1n) is 5.21. The molecule has 1 aliphatic heterocycles. The molecule has 0 spiro atoms. The topological polar surface area (TPSA) is 21.6 Å². The summed E-state index contributed by atoms with van der Waals surface area (Å²) < 4.78 is 5.64. The van der Waals surface area contributed by atoms with E-state index in [0.717, 1.165) is 25.0 Å². The molecule has 78 valence electrons. The van der Waals surface area contributed by atoms with Gasteiger partial charge in [0.1, 0.15) is 11.9 Å². The van der Waals surface area contributed by atoms with Crippen LogP contribution >= 0.6 is 0 Å². The predicted molar refractivity (Wildman–Crippen MR) is 60.7 cm³/mol. The lowest BCUT2D eigenvalue weighted by Gasteiger charge is -2.00. The minimum atomic E-state index is 0.340. The van der Waals surface area contributed by atoms with Gasteiger partial charge < -0.3 is 9.73 Å². The summed E-state index contributed by atoms with van der Waals surface area (Å²) in [4.78, 5) is 3.95. The summed E-state index contributed by atoms with van der Waals surface area (Å²) in [6.07, 6.45) is 9.72. The molecule has 0 N–H and O–H groups in total. The van der Waals surface area contributed by atoms with Crippen LogP contribution < -0.4 is 0 Å². The van der Waals surface area contributed by atoms with Crippen LogP contribution in [0, 0.1) is 0 Å². The van der Waals surface area contributed by atoms with Crippen LogP contribution in [0.3, 0.4) is 0 Å². The quantitative estimate of drug-likeness (QED) is 0.498. The summed E-state index contributed by atoms with van der Waals surface area (Å²) in [7, 11) is 1.81. The van der Waals surface area contributed by atoms with Gasteiger partial charge in [-0.3, -0.25) is 0 Å². The minimum Gasteiger partial charge on any atom is -0.490 e. The van der Waals surface area contributed by atoms with Crippen molar-refractivity contribution in [3.05, 3.63) is 23.5 Å². The third kappa shape index (κ3) is 3.02. The highest BCUT2D eigenvalue weighted by molar-refractivity contribution is 5.57. The van der Waals surface area contributed by atoms with Crippen LogP contribution in [0.25, 0.3) is 0 Å².